The molecule has 0 aromatic heterocycles. The van der Waals surface area contributed by atoms with Gasteiger partial charge in [-0.15, -0.1) is 0 Å². The van der Waals surface area contributed by atoms with Crippen LogP contribution in [-0.4, -0.2) is 11.7 Å². The Hall–Kier alpha value is -0.820. The number of rotatable bonds is 4. The Labute approximate surface area is 111 Å². The van der Waals surface area contributed by atoms with E-state index in [2.05, 4.69) is 32.0 Å². The summed E-state index contributed by atoms with van der Waals surface area (Å²) in [7, 11) is 0. The van der Waals surface area contributed by atoms with Gasteiger partial charge in [0.05, 0.1) is 0 Å². The highest BCUT2D eigenvalue weighted by Gasteiger charge is 2.24. The number of hydrogen-bond acceptors (Lipinski definition) is 1. The van der Waals surface area contributed by atoms with E-state index in [1.807, 2.05) is 0 Å². The van der Waals surface area contributed by atoms with E-state index in [0.717, 1.165) is 12.3 Å². The van der Waals surface area contributed by atoms with E-state index in [-0.39, 0.29) is 0 Å². The van der Waals surface area contributed by atoms with Gasteiger partial charge in [-0.05, 0) is 50.5 Å². The summed E-state index contributed by atoms with van der Waals surface area (Å²) in [5, 5.41) is 9.37. The van der Waals surface area contributed by atoms with Crippen LogP contribution in [0.2, 0.25) is 0 Å². The van der Waals surface area contributed by atoms with Crippen LogP contribution in [0.25, 0.3) is 0 Å². The molecule has 1 aromatic carbocycles. The van der Waals surface area contributed by atoms with E-state index in [1.54, 1.807) is 0 Å². The van der Waals surface area contributed by atoms with Crippen molar-refractivity contribution in [3.8, 4) is 0 Å². The van der Waals surface area contributed by atoms with Crippen LogP contribution < -0.4 is 0 Å². The van der Waals surface area contributed by atoms with Gasteiger partial charge >= 0.3 is 0 Å². The molecule has 0 amide bonds. The zero-order valence-electron chi connectivity index (χ0n) is 11.8. The number of aliphatic hydroxyl groups excluding tert-OH is 1. The van der Waals surface area contributed by atoms with Crippen molar-refractivity contribution in [3.05, 3.63) is 34.9 Å². The van der Waals surface area contributed by atoms with Crippen molar-refractivity contribution < 1.29 is 5.11 Å². The van der Waals surface area contributed by atoms with Gasteiger partial charge in [0.15, 0.2) is 0 Å². The van der Waals surface area contributed by atoms with E-state index < -0.39 is 0 Å². The SMILES string of the molecule is Cc1cc(C)cc(C(CCO)C2CCCCC2)c1. The average molecular weight is 246 g/mol. The zero-order valence-corrected chi connectivity index (χ0v) is 11.8. The van der Waals surface area contributed by atoms with Crippen LogP contribution >= 0.6 is 0 Å². The lowest BCUT2D eigenvalue weighted by molar-refractivity contribution is 0.229. The molecule has 0 heterocycles. The molecule has 0 saturated heterocycles. The van der Waals surface area contributed by atoms with Crippen molar-refractivity contribution in [1.82, 2.24) is 0 Å². The summed E-state index contributed by atoms with van der Waals surface area (Å²) >= 11 is 0. The van der Waals surface area contributed by atoms with Crippen LogP contribution in [0, 0.1) is 19.8 Å². The first-order valence-electron chi connectivity index (χ1n) is 7.40. The molecule has 1 unspecified atom stereocenters. The van der Waals surface area contributed by atoms with Crippen molar-refractivity contribution in [3.63, 3.8) is 0 Å². The van der Waals surface area contributed by atoms with Crippen molar-refractivity contribution >= 4 is 0 Å². The Bertz CT molecular complexity index is 357. The molecule has 1 N–H and O–H groups in total. The summed E-state index contributed by atoms with van der Waals surface area (Å²) in [4.78, 5) is 0. The molecule has 2 rings (SSSR count). The Kier molecular flexibility index (Phi) is 4.82. The van der Waals surface area contributed by atoms with Gasteiger partial charge < -0.3 is 5.11 Å². The highest BCUT2D eigenvalue weighted by atomic mass is 16.3. The summed E-state index contributed by atoms with van der Waals surface area (Å²) in [6, 6.07) is 6.88. The van der Waals surface area contributed by atoms with E-state index in [1.165, 1.54) is 48.8 Å². The Morgan fingerprint density at radius 3 is 2.22 bits per heavy atom. The summed E-state index contributed by atoms with van der Waals surface area (Å²) in [5.41, 5.74) is 4.15. The monoisotopic (exact) mass is 246 g/mol. The smallest absolute Gasteiger partial charge is 0.0436 e. The maximum absolute atomic E-state index is 9.37. The topological polar surface area (TPSA) is 20.2 Å². The van der Waals surface area contributed by atoms with Crippen LogP contribution in [-0.2, 0) is 0 Å². The highest BCUT2D eigenvalue weighted by molar-refractivity contribution is 5.31. The number of aryl methyl sites for hydroxylation is 2. The summed E-state index contributed by atoms with van der Waals surface area (Å²) in [6.45, 7) is 4.66. The third-order valence-electron chi connectivity index (χ3n) is 4.33. The molecule has 1 aliphatic carbocycles. The molecular weight excluding hydrogens is 220 g/mol. The van der Waals surface area contributed by atoms with Gasteiger partial charge in [-0.1, -0.05) is 48.6 Å². The quantitative estimate of drug-likeness (QED) is 0.837. The standard InChI is InChI=1S/C17H26O/c1-13-10-14(2)12-16(11-13)17(8-9-18)15-6-4-3-5-7-15/h10-12,15,17-18H,3-9H2,1-2H3. The first-order chi connectivity index (χ1) is 8.70. The predicted octanol–water partition coefficient (Wildman–Crippen LogP) is 4.35. The largest absolute Gasteiger partial charge is 0.396 e. The molecule has 1 fully saturated rings. The third kappa shape index (κ3) is 3.35. The van der Waals surface area contributed by atoms with E-state index in [0.29, 0.717) is 12.5 Å². The van der Waals surface area contributed by atoms with Gasteiger partial charge in [-0.2, -0.15) is 0 Å². The van der Waals surface area contributed by atoms with Crippen LogP contribution in [0.1, 0.15) is 61.1 Å². The summed E-state index contributed by atoms with van der Waals surface area (Å²) in [6.07, 6.45) is 7.76. The molecule has 0 bridgehead atoms. The van der Waals surface area contributed by atoms with Gasteiger partial charge in [0, 0.05) is 6.61 Å². The van der Waals surface area contributed by atoms with Gasteiger partial charge in [-0.3, -0.25) is 0 Å². The van der Waals surface area contributed by atoms with Gasteiger partial charge in [0.1, 0.15) is 0 Å². The summed E-state index contributed by atoms with van der Waals surface area (Å²) in [5.74, 6) is 1.35. The molecule has 0 spiro atoms. The minimum absolute atomic E-state index is 0.314. The van der Waals surface area contributed by atoms with Crippen LogP contribution in [0.5, 0.6) is 0 Å². The first kappa shape index (κ1) is 13.6. The second-order valence-electron chi connectivity index (χ2n) is 5.94. The average Bonchev–Trinajstić information content (AvgIpc) is 2.36. The maximum atomic E-state index is 9.37. The lowest BCUT2D eigenvalue weighted by Gasteiger charge is -2.30. The molecule has 0 radical (unpaired) electrons. The van der Waals surface area contributed by atoms with Crippen molar-refractivity contribution in [2.75, 3.05) is 6.61 Å². The fraction of sp³-hybridized carbons (Fsp3) is 0.647. The molecule has 1 heteroatoms. The summed E-state index contributed by atoms with van der Waals surface area (Å²) < 4.78 is 0. The minimum atomic E-state index is 0.314. The third-order valence-corrected chi connectivity index (χ3v) is 4.33. The Morgan fingerprint density at radius 2 is 1.67 bits per heavy atom. The van der Waals surface area contributed by atoms with E-state index in [9.17, 15) is 5.11 Å². The second-order valence-corrected chi connectivity index (χ2v) is 5.94. The van der Waals surface area contributed by atoms with Crippen molar-refractivity contribution in [1.29, 1.82) is 0 Å². The van der Waals surface area contributed by atoms with Gasteiger partial charge in [-0.25, -0.2) is 0 Å². The molecule has 0 aliphatic heterocycles. The zero-order chi connectivity index (χ0) is 13.0. The molecule has 100 valence electrons. The molecule has 1 saturated carbocycles. The highest BCUT2D eigenvalue weighted by Crippen LogP contribution is 2.38. The molecule has 1 aliphatic rings. The van der Waals surface area contributed by atoms with E-state index >= 15 is 0 Å². The van der Waals surface area contributed by atoms with Crippen LogP contribution in [0.4, 0.5) is 0 Å². The maximum Gasteiger partial charge on any atom is 0.0436 e. The second kappa shape index (κ2) is 6.38. The lowest BCUT2D eigenvalue weighted by atomic mass is 9.75. The number of hydrogen-bond donors (Lipinski definition) is 1. The normalized spacial score (nSPS) is 18.8. The number of benzene rings is 1. The van der Waals surface area contributed by atoms with Gasteiger partial charge in [0.25, 0.3) is 0 Å². The molecule has 18 heavy (non-hydrogen) atoms. The number of aliphatic hydroxyl groups is 1. The fourth-order valence-electron chi connectivity index (χ4n) is 3.57. The van der Waals surface area contributed by atoms with Crippen molar-refractivity contribution in [2.45, 2.75) is 58.3 Å². The van der Waals surface area contributed by atoms with Gasteiger partial charge in [0.2, 0.25) is 0 Å². The Balaban J connectivity index is 2.22. The lowest BCUT2D eigenvalue weighted by Crippen LogP contribution is -2.18. The molecular formula is C17H26O. The first-order valence-corrected chi connectivity index (χ1v) is 7.40. The predicted molar refractivity (Wildman–Crippen MR) is 76.9 cm³/mol. The Morgan fingerprint density at radius 1 is 1.06 bits per heavy atom. The molecule has 1 aromatic rings. The van der Waals surface area contributed by atoms with Crippen LogP contribution in [0.15, 0.2) is 18.2 Å². The van der Waals surface area contributed by atoms with Crippen molar-refractivity contribution in [2.24, 2.45) is 5.92 Å². The van der Waals surface area contributed by atoms with E-state index in [4.69, 9.17) is 0 Å². The fourth-order valence-corrected chi connectivity index (χ4v) is 3.57. The molecule has 1 atom stereocenters. The molecule has 1 nitrogen and oxygen atoms in total. The van der Waals surface area contributed by atoms with Crippen LogP contribution in [0.3, 0.4) is 0 Å². The minimum Gasteiger partial charge on any atom is -0.396 e.